The van der Waals surface area contributed by atoms with Crippen molar-refractivity contribution in [3.8, 4) is 0 Å². The number of halogens is 1. The Morgan fingerprint density at radius 3 is 2.65 bits per heavy atom. The van der Waals surface area contributed by atoms with Crippen LogP contribution >= 0.6 is 11.6 Å². The molecule has 0 radical (unpaired) electrons. The maximum absolute atomic E-state index is 11.5. The summed E-state index contributed by atoms with van der Waals surface area (Å²) >= 11 is 6.05. The summed E-state index contributed by atoms with van der Waals surface area (Å²) in [6, 6.07) is 5.11. The molecule has 1 aromatic rings. The minimum Gasteiger partial charge on any atom is -0.478 e. The van der Waals surface area contributed by atoms with Crippen molar-refractivity contribution in [2.24, 2.45) is 0 Å². The lowest BCUT2D eigenvalue weighted by Crippen LogP contribution is -2.43. The third-order valence-electron chi connectivity index (χ3n) is 3.94. The van der Waals surface area contributed by atoms with Crippen LogP contribution in [-0.2, 0) is 16.0 Å². The van der Waals surface area contributed by atoms with E-state index in [1.165, 1.54) is 0 Å². The molecule has 0 fully saturated rings. The molecule has 1 aliphatic heterocycles. The number of likely N-dealkylation sites (N-methyl/N-ethyl adjacent to an activating group) is 1. The Hall–Kier alpha value is -2.05. The minimum absolute atomic E-state index is 0.141. The summed E-state index contributed by atoms with van der Waals surface area (Å²) in [5, 5.41) is 18.9. The number of carboxylic acids is 2. The number of nitrogens with zero attached hydrogens (tertiary/aromatic N) is 2. The molecule has 2 N–H and O–H groups in total. The van der Waals surface area contributed by atoms with Crippen LogP contribution in [0.15, 0.2) is 29.8 Å². The number of hydrogen-bond acceptors (Lipinski definition) is 4. The number of benzene rings is 1. The van der Waals surface area contributed by atoms with Gasteiger partial charge in [0.1, 0.15) is 0 Å². The van der Waals surface area contributed by atoms with Crippen LogP contribution in [0, 0.1) is 0 Å². The van der Waals surface area contributed by atoms with Gasteiger partial charge in [-0.3, -0.25) is 0 Å². The third kappa shape index (κ3) is 4.03. The molecule has 0 amide bonds. The van der Waals surface area contributed by atoms with Gasteiger partial charge in [-0.05, 0) is 38.2 Å². The first kappa shape index (κ1) is 17.3. The molecule has 7 heteroatoms. The normalized spacial score (nSPS) is 15.7. The summed E-state index contributed by atoms with van der Waals surface area (Å²) in [5.41, 5.74) is 1.99. The zero-order valence-corrected chi connectivity index (χ0v) is 13.7. The Morgan fingerprint density at radius 2 is 2.09 bits per heavy atom. The summed E-state index contributed by atoms with van der Waals surface area (Å²) in [6.45, 7) is 1.13. The standard InChI is InChI=1S/C16H19ClN2O4/c1-18(2)14(12(16(22)23)8-15(20)21)9-19-6-5-10-3-4-11(17)7-13(10)19/h3-4,7-8,14H,5-6,9H2,1-2H3,(H,20,21)(H,22,23)/b12-8-. The summed E-state index contributed by atoms with van der Waals surface area (Å²) in [4.78, 5) is 26.1. The molecule has 0 aromatic heterocycles. The van der Waals surface area contributed by atoms with Gasteiger partial charge in [-0.15, -0.1) is 0 Å². The average molecular weight is 339 g/mol. The van der Waals surface area contributed by atoms with Gasteiger partial charge in [0.15, 0.2) is 0 Å². The zero-order chi connectivity index (χ0) is 17.1. The van der Waals surface area contributed by atoms with Gasteiger partial charge in [-0.2, -0.15) is 0 Å². The van der Waals surface area contributed by atoms with Crippen LogP contribution in [0.1, 0.15) is 5.56 Å². The molecule has 0 saturated heterocycles. The molecule has 0 bridgehead atoms. The van der Waals surface area contributed by atoms with Crippen LogP contribution < -0.4 is 4.90 Å². The van der Waals surface area contributed by atoms with E-state index < -0.39 is 18.0 Å². The molecule has 6 nitrogen and oxygen atoms in total. The second-order valence-electron chi connectivity index (χ2n) is 5.69. The van der Waals surface area contributed by atoms with E-state index in [0.29, 0.717) is 11.6 Å². The molecule has 1 aromatic carbocycles. The molecular formula is C16H19ClN2O4. The molecule has 0 spiro atoms. The Kier molecular flexibility index (Phi) is 5.28. The van der Waals surface area contributed by atoms with Crippen molar-refractivity contribution in [2.75, 3.05) is 32.1 Å². The lowest BCUT2D eigenvalue weighted by molar-refractivity contribution is -0.135. The number of carboxylic acid groups (broad SMARTS) is 2. The lowest BCUT2D eigenvalue weighted by atomic mass is 10.0. The molecule has 0 saturated carbocycles. The maximum atomic E-state index is 11.5. The van der Waals surface area contributed by atoms with Gasteiger partial charge in [-0.1, -0.05) is 17.7 Å². The van der Waals surface area contributed by atoms with Gasteiger partial charge in [0.25, 0.3) is 0 Å². The highest BCUT2D eigenvalue weighted by Gasteiger charge is 2.29. The molecule has 1 aliphatic rings. The SMILES string of the molecule is CN(C)C(CN1CCc2ccc(Cl)cc21)/C(=C/C(=O)O)C(=O)O. The van der Waals surface area contributed by atoms with Gasteiger partial charge in [0, 0.05) is 29.9 Å². The van der Waals surface area contributed by atoms with E-state index in [1.807, 2.05) is 23.1 Å². The molecule has 1 atom stereocenters. The van der Waals surface area contributed by atoms with Gasteiger partial charge in [-0.25, -0.2) is 9.59 Å². The molecule has 23 heavy (non-hydrogen) atoms. The zero-order valence-electron chi connectivity index (χ0n) is 13.0. The van der Waals surface area contributed by atoms with Crippen molar-refractivity contribution >= 4 is 29.2 Å². The lowest BCUT2D eigenvalue weighted by Gasteiger charge is -2.30. The van der Waals surface area contributed by atoms with Crippen molar-refractivity contribution in [2.45, 2.75) is 12.5 Å². The van der Waals surface area contributed by atoms with E-state index in [1.54, 1.807) is 19.0 Å². The van der Waals surface area contributed by atoms with E-state index in [-0.39, 0.29) is 5.57 Å². The maximum Gasteiger partial charge on any atom is 0.333 e. The number of aliphatic carboxylic acids is 2. The topological polar surface area (TPSA) is 81.1 Å². The molecule has 2 rings (SSSR count). The van der Waals surface area contributed by atoms with Crippen LogP contribution in [0.4, 0.5) is 5.69 Å². The number of carbonyl (C=O) groups is 2. The highest BCUT2D eigenvalue weighted by atomic mass is 35.5. The van der Waals surface area contributed by atoms with Crippen molar-refractivity contribution in [3.63, 3.8) is 0 Å². The fraction of sp³-hybridized carbons (Fsp3) is 0.375. The van der Waals surface area contributed by atoms with E-state index >= 15 is 0 Å². The molecule has 0 aliphatic carbocycles. The van der Waals surface area contributed by atoms with Crippen molar-refractivity contribution in [1.82, 2.24) is 4.90 Å². The fourth-order valence-electron chi connectivity index (χ4n) is 2.79. The van der Waals surface area contributed by atoms with Gasteiger partial charge in [0.2, 0.25) is 0 Å². The monoisotopic (exact) mass is 338 g/mol. The Balaban J connectivity index is 2.30. The average Bonchev–Trinajstić information content (AvgIpc) is 2.84. The van der Waals surface area contributed by atoms with E-state index in [0.717, 1.165) is 30.3 Å². The van der Waals surface area contributed by atoms with Crippen molar-refractivity contribution in [1.29, 1.82) is 0 Å². The highest BCUT2D eigenvalue weighted by Crippen LogP contribution is 2.31. The molecular weight excluding hydrogens is 320 g/mol. The summed E-state index contributed by atoms with van der Waals surface area (Å²) < 4.78 is 0. The second-order valence-corrected chi connectivity index (χ2v) is 6.13. The summed E-state index contributed by atoms with van der Waals surface area (Å²) in [6.07, 6.45) is 1.62. The van der Waals surface area contributed by atoms with Crippen molar-refractivity contribution in [3.05, 3.63) is 40.4 Å². The predicted molar refractivity (Wildman–Crippen MR) is 88.2 cm³/mol. The second kappa shape index (κ2) is 7.02. The predicted octanol–water partition coefficient (Wildman–Crippen LogP) is 1.73. The van der Waals surface area contributed by atoms with Gasteiger partial charge >= 0.3 is 11.9 Å². The van der Waals surface area contributed by atoms with Crippen LogP contribution in [0.3, 0.4) is 0 Å². The summed E-state index contributed by atoms with van der Waals surface area (Å²) in [7, 11) is 3.47. The third-order valence-corrected chi connectivity index (χ3v) is 4.18. The Bertz CT molecular complexity index is 657. The first-order valence-corrected chi connectivity index (χ1v) is 7.55. The van der Waals surface area contributed by atoms with Crippen LogP contribution in [0.2, 0.25) is 5.02 Å². The largest absolute Gasteiger partial charge is 0.478 e. The fourth-order valence-corrected chi connectivity index (χ4v) is 2.96. The minimum atomic E-state index is -1.26. The van der Waals surface area contributed by atoms with Crippen LogP contribution in [0.25, 0.3) is 0 Å². The number of hydrogen-bond donors (Lipinski definition) is 2. The first-order valence-electron chi connectivity index (χ1n) is 7.17. The molecule has 124 valence electrons. The van der Waals surface area contributed by atoms with Crippen LogP contribution in [0.5, 0.6) is 0 Å². The Morgan fingerprint density at radius 1 is 1.39 bits per heavy atom. The number of anilines is 1. The van der Waals surface area contributed by atoms with Crippen LogP contribution in [-0.4, -0.2) is 60.3 Å². The molecule has 1 heterocycles. The number of fused-ring (bicyclic) bond motifs is 1. The smallest absolute Gasteiger partial charge is 0.333 e. The van der Waals surface area contributed by atoms with Gasteiger partial charge in [0.05, 0.1) is 11.6 Å². The first-order chi connectivity index (χ1) is 10.8. The number of rotatable bonds is 6. The van der Waals surface area contributed by atoms with E-state index in [4.69, 9.17) is 16.7 Å². The molecule has 1 unspecified atom stereocenters. The summed E-state index contributed by atoms with van der Waals surface area (Å²) in [5.74, 6) is -2.49. The van der Waals surface area contributed by atoms with Crippen molar-refractivity contribution < 1.29 is 19.8 Å². The quantitative estimate of drug-likeness (QED) is 0.769. The van der Waals surface area contributed by atoms with Gasteiger partial charge < -0.3 is 20.0 Å². The highest BCUT2D eigenvalue weighted by molar-refractivity contribution is 6.30. The Labute approximate surface area is 139 Å². The van der Waals surface area contributed by atoms with E-state index in [2.05, 4.69) is 0 Å². The van der Waals surface area contributed by atoms with E-state index in [9.17, 15) is 14.7 Å².